The van der Waals surface area contributed by atoms with Gasteiger partial charge in [0, 0.05) is 18.6 Å². The Bertz CT molecular complexity index is 787. The summed E-state index contributed by atoms with van der Waals surface area (Å²) in [5, 5.41) is 0.597. The molecule has 1 aliphatic carbocycles. The number of amides is 1. The van der Waals surface area contributed by atoms with E-state index in [0.29, 0.717) is 11.6 Å². The van der Waals surface area contributed by atoms with E-state index in [1.165, 1.54) is 0 Å². The molecule has 2 aromatic carbocycles. The maximum Gasteiger partial charge on any atom is 0.317 e. The Morgan fingerprint density at radius 3 is 2.46 bits per heavy atom. The highest BCUT2D eigenvalue weighted by Gasteiger charge is 2.47. The molecule has 0 aromatic heterocycles. The van der Waals surface area contributed by atoms with Gasteiger partial charge in [0.25, 0.3) is 5.91 Å². The predicted molar refractivity (Wildman–Crippen MR) is 101 cm³/mol. The second-order valence-corrected chi connectivity index (χ2v) is 7.19. The van der Waals surface area contributed by atoms with Crippen LogP contribution in [0.15, 0.2) is 54.6 Å². The van der Waals surface area contributed by atoms with Crippen LogP contribution in [0.4, 0.5) is 0 Å². The van der Waals surface area contributed by atoms with E-state index >= 15 is 0 Å². The normalized spacial score (nSPS) is 15.0. The molecule has 0 aliphatic heterocycles. The summed E-state index contributed by atoms with van der Waals surface area (Å²) in [5.41, 5.74) is 1.24. The van der Waals surface area contributed by atoms with E-state index in [1.54, 1.807) is 18.0 Å². The molecule has 5 heteroatoms. The van der Waals surface area contributed by atoms with Crippen LogP contribution in [0.3, 0.4) is 0 Å². The number of halogens is 1. The minimum atomic E-state index is -0.664. The molecule has 0 saturated heterocycles. The first-order chi connectivity index (χ1) is 12.5. The highest BCUT2D eigenvalue weighted by Crippen LogP contribution is 2.45. The van der Waals surface area contributed by atoms with Crippen LogP contribution in [0.25, 0.3) is 0 Å². The second kappa shape index (κ2) is 7.92. The average Bonchev–Trinajstić information content (AvgIpc) is 2.59. The Morgan fingerprint density at radius 1 is 1.12 bits per heavy atom. The number of ether oxygens (including phenoxy) is 1. The molecule has 3 rings (SSSR count). The minimum Gasteiger partial charge on any atom is -0.455 e. The molecule has 1 fully saturated rings. The lowest BCUT2D eigenvalue weighted by molar-refractivity contribution is -0.160. The Labute approximate surface area is 158 Å². The number of carbonyl (C=O) groups is 2. The van der Waals surface area contributed by atoms with Gasteiger partial charge in [-0.15, -0.1) is 0 Å². The standard InChI is InChI=1S/C21H22ClNO3/c1-23(14-16-7-3-2-4-8-16)19(24)15-26-20(25)21(11-6-12-21)17-9-5-10-18(22)13-17/h2-5,7-10,13H,6,11-12,14-15H2,1H3. The zero-order valence-corrected chi connectivity index (χ0v) is 15.5. The van der Waals surface area contributed by atoms with Crippen molar-refractivity contribution in [2.75, 3.05) is 13.7 Å². The molecule has 1 aliphatic rings. The Morgan fingerprint density at radius 2 is 1.85 bits per heavy atom. The second-order valence-electron chi connectivity index (χ2n) is 6.76. The van der Waals surface area contributed by atoms with E-state index in [4.69, 9.17) is 16.3 Å². The molecule has 1 amide bonds. The maximum atomic E-state index is 12.7. The number of nitrogens with zero attached hydrogens (tertiary/aromatic N) is 1. The van der Waals surface area contributed by atoms with Crippen molar-refractivity contribution in [1.29, 1.82) is 0 Å². The van der Waals surface area contributed by atoms with Gasteiger partial charge in [-0.1, -0.05) is 60.5 Å². The first kappa shape index (κ1) is 18.5. The number of likely N-dealkylation sites (N-methyl/N-ethyl adjacent to an activating group) is 1. The lowest BCUT2D eigenvalue weighted by atomic mass is 9.64. The third-order valence-electron chi connectivity index (χ3n) is 4.99. The summed E-state index contributed by atoms with van der Waals surface area (Å²) in [6, 6.07) is 17.0. The van der Waals surface area contributed by atoms with E-state index in [1.807, 2.05) is 48.5 Å². The van der Waals surface area contributed by atoms with Crippen LogP contribution >= 0.6 is 11.6 Å². The van der Waals surface area contributed by atoms with Crippen molar-refractivity contribution in [1.82, 2.24) is 4.90 Å². The lowest BCUT2D eigenvalue weighted by Crippen LogP contribution is -2.45. The molecule has 0 bridgehead atoms. The summed E-state index contributed by atoms with van der Waals surface area (Å²) in [4.78, 5) is 26.6. The van der Waals surface area contributed by atoms with Crippen molar-refractivity contribution in [2.24, 2.45) is 0 Å². The quantitative estimate of drug-likeness (QED) is 0.722. The van der Waals surface area contributed by atoms with Crippen LogP contribution in [-0.2, 0) is 26.3 Å². The van der Waals surface area contributed by atoms with Gasteiger partial charge in [0.05, 0.1) is 5.41 Å². The van der Waals surface area contributed by atoms with E-state index in [-0.39, 0.29) is 18.5 Å². The van der Waals surface area contributed by atoms with Crippen LogP contribution in [0, 0.1) is 0 Å². The number of hydrogen-bond donors (Lipinski definition) is 0. The largest absolute Gasteiger partial charge is 0.455 e. The van der Waals surface area contributed by atoms with Gasteiger partial charge in [-0.3, -0.25) is 9.59 Å². The van der Waals surface area contributed by atoms with Crippen molar-refractivity contribution in [2.45, 2.75) is 31.2 Å². The minimum absolute atomic E-state index is 0.220. The number of hydrogen-bond acceptors (Lipinski definition) is 3. The van der Waals surface area contributed by atoms with Gasteiger partial charge in [-0.2, -0.15) is 0 Å². The SMILES string of the molecule is CN(Cc1ccccc1)C(=O)COC(=O)C1(c2cccc(Cl)c2)CCC1. The molecule has 0 N–H and O–H groups in total. The van der Waals surface area contributed by atoms with E-state index < -0.39 is 5.41 Å². The van der Waals surface area contributed by atoms with Gasteiger partial charge in [-0.05, 0) is 36.1 Å². The summed E-state index contributed by atoms with van der Waals surface area (Å²) in [6.45, 7) is 0.237. The predicted octanol–water partition coefficient (Wildman–Crippen LogP) is 3.96. The molecule has 0 spiro atoms. The molecule has 1 saturated carbocycles. The Balaban J connectivity index is 1.59. The number of carbonyl (C=O) groups excluding carboxylic acids is 2. The molecule has 0 radical (unpaired) electrons. The van der Waals surface area contributed by atoms with Gasteiger partial charge in [-0.25, -0.2) is 0 Å². The van der Waals surface area contributed by atoms with Crippen LogP contribution in [0.1, 0.15) is 30.4 Å². The van der Waals surface area contributed by atoms with E-state index in [2.05, 4.69) is 0 Å². The van der Waals surface area contributed by atoms with E-state index in [9.17, 15) is 9.59 Å². The Kier molecular flexibility index (Phi) is 5.62. The zero-order valence-electron chi connectivity index (χ0n) is 14.8. The fraction of sp³-hybridized carbons (Fsp3) is 0.333. The first-order valence-electron chi connectivity index (χ1n) is 8.72. The monoisotopic (exact) mass is 371 g/mol. The molecule has 4 nitrogen and oxygen atoms in total. The molecule has 136 valence electrons. The highest BCUT2D eigenvalue weighted by atomic mass is 35.5. The van der Waals surface area contributed by atoms with Crippen molar-refractivity contribution in [3.8, 4) is 0 Å². The third-order valence-corrected chi connectivity index (χ3v) is 5.23. The van der Waals surface area contributed by atoms with Crippen molar-refractivity contribution in [3.63, 3.8) is 0 Å². The summed E-state index contributed by atoms with van der Waals surface area (Å²) in [7, 11) is 1.71. The Hall–Kier alpha value is -2.33. The molecule has 0 heterocycles. The van der Waals surface area contributed by atoms with Gasteiger partial charge < -0.3 is 9.64 Å². The van der Waals surface area contributed by atoms with Gasteiger partial charge in [0.1, 0.15) is 0 Å². The zero-order chi connectivity index (χ0) is 18.6. The molecule has 26 heavy (non-hydrogen) atoms. The van der Waals surface area contributed by atoms with Crippen molar-refractivity contribution in [3.05, 3.63) is 70.7 Å². The lowest BCUT2D eigenvalue weighted by Gasteiger charge is -2.39. The summed E-state index contributed by atoms with van der Waals surface area (Å²) in [6.07, 6.45) is 2.41. The first-order valence-corrected chi connectivity index (χ1v) is 9.10. The smallest absolute Gasteiger partial charge is 0.317 e. The summed E-state index contributed by atoms with van der Waals surface area (Å²) >= 11 is 6.07. The van der Waals surface area contributed by atoms with Gasteiger partial charge in [0.15, 0.2) is 6.61 Å². The molecule has 0 unspecified atom stereocenters. The third kappa shape index (κ3) is 3.91. The number of esters is 1. The number of rotatable bonds is 6. The fourth-order valence-electron chi connectivity index (χ4n) is 3.25. The van der Waals surface area contributed by atoms with Crippen molar-refractivity contribution < 1.29 is 14.3 Å². The van der Waals surface area contributed by atoms with Crippen LogP contribution in [0.5, 0.6) is 0 Å². The molecular weight excluding hydrogens is 350 g/mol. The topological polar surface area (TPSA) is 46.6 Å². The summed E-state index contributed by atoms with van der Waals surface area (Å²) in [5.74, 6) is -0.560. The molecular formula is C21H22ClNO3. The van der Waals surface area contributed by atoms with Crippen LogP contribution in [0.2, 0.25) is 5.02 Å². The van der Waals surface area contributed by atoms with Gasteiger partial charge >= 0.3 is 5.97 Å². The van der Waals surface area contributed by atoms with Gasteiger partial charge in [0.2, 0.25) is 0 Å². The summed E-state index contributed by atoms with van der Waals surface area (Å²) < 4.78 is 5.39. The fourth-order valence-corrected chi connectivity index (χ4v) is 3.44. The van der Waals surface area contributed by atoms with Crippen molar-refractivity contribution >= 4 is 23.5 Å². The van der Waals surface area contributed by atoms with Crippen LogP contribution < -0.4 is 0 Å². The highest BCUT2D eigenvalue weighted by molar-refractivity contribution is 6.30. The average molecular weight is 372 g/mol. The van der Waals surface area contributed by atoms with E-state index in [0.717, 1.165) is 30.4 Å². The number of benzene rings is 2. The molecule has 0 atom stereocenters. The maximum absolute atomic E-state index is 12.7. The molecule has 2 aromatic rings. The van der Waals surface area contributed by atoms with Crippen LogP contribution in [-0.4, -0.2) is 30.4 Å².